The van der Waals surface area contributed by atoms with Crippen LogP contribution in [0, 0.1) is 0 Å². The maximum atomic E-state index is 8.48. The van der Waals surface area contributed by atoms with E-state index in [4.69, 9.17) is 7.85 Å². The summed E-state index contributed by atoms with van der Waals surface area (Å²) in [6.45, 7) is 0.0156. The van der Waals surface area contributed by atoms with Gasteiger partial charge >= 0.3 is 0 Å². The molecule has 0 atom stereocenters. The summed E-state index contributed by atoms with van der Waals surface area (Å²) in [4.78, 5) is 0. The van der Waals surface area contributed by atoms with E-state index in [0.29, 0.717) is 0 Å². The molecule has 0 aliphatic carbocycles. The van der Waals surface area contributed by atoms with E-state index in [1.165, 1.54) is 0 Å². The van der Waals surface area contributed by atoms with Crippen molar-refractivity contribution in [3.63, 3.8) is 0 Å². The number of rotatable bonds is 3. The second kappa shape index (κ2) is 4.96. The van der Waals surface area contributed by atoms with Crippen LogP contribution in [-0.4, -0.2) is 11.7 Å². The van der Waals surface area contributed by atoms with Gasteiger partial charge in [-0.3, -0.25) is 0 Å². The summed E-state index contributed by atoms with van der Waals surface area (Å²) in [5, 5.41) is 8.48. The van der Waals surface area contributed by atoms with Crippen molar-refractivity contribution in [1.82, 2.24) is 0 Å². The lowest BCUT2D eigenvalue weighted by Crippen LogP contribution is -1.78. The molecule has 0 spiro atoms. The molecule has 0 saturated heterocycles. The van der Waals surface area contributed by atoms with Crippen LogP contribution in [0.2, 0.25) is 0 Å². The Kier molecular flexibility index (Phi) is 2.50. The summed E-state index contributed by atoms with van der Waals surface area (Å²) < 4.78 is 13.3. The van der Waals surface area contributed by atoms with Crippen LogP contribution in [0.15, 0.2) is 0 Å². The van der Waals surface area contributed by atoms with E-state index < -0.39 is 6.56 Å². The minimum absolute atomic E-state index is 0.253. The molecular formula is C5H12O. The smallest absolute Gasteiger partial charge is 0.0564 e. The van der Waals surface area contributed by atoms with Crippen LogP contribution in [0.25, 0.3) is 0 Å². The Hall–Kier alpha value is -0.0400. The molecule has 1 nitrogen and oxygen atoms in total. The Balaban J connectivity index is 3.11. The molecular weight excluding hydrogens is 76.1 g/mol. The van der Waals surface area contributed by atoms with Gasteiger partial charge in [-0.2, -0.15) is 0 Å². The minimum atomic E-state index is -1.95. The zero-order valence-corrected chi connectivity index (χ0v) is 4.07. The maximum absolute atomic E-state index is 8.48. The Morgan fingerprint density at radius 1 is 1.67 bits per heavy atom. The van der Waals surface area contributed by atoms with Crippen LogP contribution in [0.1, 0.15) is 28.9 Å². The van der Waals surface area contributed by atoms with Crippen LogP contribution in [0.3, 0.4) is 0 Å². The highest BCUT2D eigenvalue weighted by atomic mass is 16.2. The van der Waals surface area contributed by atoms with Crippen molar-refractivity contribution in [2.24, 2.45) is 0 Å². The summed E-state index contributed by atoms with van der Waals surface area (Å²) in [6.07, 6.45) is 1.94. The van der Waals surface area contributed by atoms with E-state index in [1.54, 1.807) is 0 Å². The van der Waals surface area contributed by atoms with E-state index in [2.05, 4.69) is 0 Å². The van der Waals surface area contributed by atoms with Gasteiger partial charge in [-0.05, 0) is 6.42 Å². The molecule has 0 heterocycles. The first-order valence-corrected chi connectivity index (χ1v) is 2.28. The maximum Gasteiger partial charge on any atom is 0.0564 e. The fraction of sp³-hybridized carbons (Fsp3) is 1.00. The van der Waals surface area contributed by atoms with Crippen LogP contribution in [-0.2, 0) is 0 Å². The average Bonchev–Trinajstić information content (AvgIpc) is 1.59. The number of hydrogen-bond acceptors (Lipinski definition) is 1. The molecule has 38 valence electrons. The molecule has 0 unspecified atom stereocenters. The van der Waals surface area contributed by atoms with Crippen molar-refractivity contribution in [3.05, 3.63) is 0 Å². The first-order valence-electron chi connectivity index (χ1n) is 3.28. The summed E-state index contributed by atoms with van der Waals surface area (Å²) >= 11 is 0. The van der Waals surface area contributed by atoms with Crippen LogP contribution >= 0.6 is 0 Å². The van der Waals surface area contributed by atoms with Crippen molar-refractivity contribution in [3.8, 4) is 0 Å². The third-order valence-electron chi connectivity index (χ3n) is 0.642. The number of unbranched alkanes of at least 4 members (excludes halogenated alkanes) is 1. The highest BCUT2D eigenvalue weighted by Gasteiger charge is 1.76. The van der Waals surface area contributed by atoms with Gasteiger partial charge in [0.2, 0.25) is 0 Å². The summed E-state index contributed by atoms with van der Waals surface area (Å²) in [7, 11) is 0. The highest BCUT2D eigenvalue weighted by Crippen LogP contribution is 1.89. The molecule has 0 rings (SSSR count). The molecule has 0 fully saturated rings. The zero-order valence-electron chi connectivity index (χ0n) is 6.07. The fourth-order valence-electron chi connectivity index (χ4n) is 0.256. The molecule has 6 heavy (non-hydrogen) atoms. The van der Waals surface area contributed by atoms with E-state index in [0.717, 1.165) is 12.8 Å². The van der Waals surface area contributed by atoms with Crippen molar-refractivity contribution in [2.45, 2.75) is 26.2 Å². The standard InChI is InChI=1S/C5H12O/c1-2-3-4-5-6/h6H,2-5H2,1H3/i5D2. The largest absolute Gasteiger partial charge is 0.396 e. The van der Waals surface area contributed by atoms with E-state index in [9.17, 15) is 0 Å². The van der Waals surface area contributed by atoms with Crippen molar-refractivity contribution in [1.29, 1.82) is 0 Å². The molecule has 0 aromatic carbocycles. The Morgan fingerprint density at radius 2 is 2.33 bits per heavy atom. The average molecular weight is 90.2 g/mol. The molecule has 0 bridgehead atoms. The third kappa shape index (κ3) is 3.96. The van der Waals surface area contributed by atoms with Crippen molar-refractivity contribution >= 4 is 0 Å². The van der Waals surface area contributed by atoms with Gasteiger partial charge in [0.05, 0.1) is 2.74 Å². The lowest BCUT2D eigenvalue weighted by atomic mass is 10.3. The van der Waals surface area contributed by atoms with E-state index in [-0.39, 0.29) is 6.42 Å². The number of aliphatic hydroxyl groups is 1. The van der Waals surface area contributed by atoms with E-state index in [1.807, 2.05) is 6.92 Å². The van der Waals surface area contributed by atoms with Crippen LogP contribution in [0.5, 0.6) is 0 Å². The van der Waals surface area contributed by atoms with E-state index >= 15 is 0 Å². The molecule has 0 aromatic rings. The molecule has 0 aliphatic heterocycles. The van der Waals surface area contributed by atoms with Crippen LogP contribution in [0.4, 0.5) is 0 Å². The Bertz CT molecular complexity index is 57.9. The normalized spacial score (nSPS) is 16.3. The molecule has 0 radical (unpaired) electrons. The Morgan fingerprint density at radius 3 is 2.50 bits per heavy atom. The second-order valence-electron chi connectivity index (χ2n) is 1.26. The monoisotopic (exact) mass is 90.1 g/mol. The van der Waals surface area contributed by atoms with Gasteiger partial charge in [0.15, 0.2) is 0 Å². The lowest BCUT2D eigenvalue weighted by molar-refractivity contribution is 0.284. The predicted molar refractivity (Wildman–Crippen MR) is 26.6 cm³/mol. The van der Waals surface area contributed by atoms with Crippen molar-refractivity contribution < 1.29 is 7.85 Å². The number of hydrogen-bond donors (Lipinski definition) is 1. The van der Waals surface area contributed by atoms with Gasteiger partial charge < -0.3 is 5.11 Å². The lowest BCUT2D eigenvalue weighted by Gasteiger charge is -1.85. The third-order valence-corrected chi connectivity index (χ3v) is 0.642. The molecule has 0 aliphatic rings. The summed E-state index contributed by atoms with van der Waals surface area (Å²) in [5.74, 6) is 0. The van der Waals surface area contributed by atoms with Crippen molar-refractivity contribution in [2.75, 3.05) is 6.56 Å². The fourth-order valence-corrected chi connectivity index (χ4v) is 0.256. The topological polar surface area (TPSA) is 20.2 Å². The molecule has 0 aromatic heterocycles. The quantitative estimate of drug-likeness (QED) is 0.551. The van der Waals surface area contributed by atoms with Gasteiger partial charge in [0.1, 0.15) is 0 Å². The van der Waals surface area contributed by atoms with Gasteiger partial charge in [-0.1, -0.05) is 19.8 Å². The van der Waals surface area contributed by atoms with Gasteiger partial charge in [-0.15, -0.1) is 0 Å². The summed E-state index contributed by atoms with van der Waals surface area (Å²) in [6, 6.07) is 0. The van der Waals surface area contributed by atoms with Crippen LogP contribution < -0.4 is 0 Å². The first kappa shape index (κ1) is 3.03. The highest BCUT2D eigenvalue weighted by molar-refractivity contribution is 4.30. The zero-order chi connectivity index (χ0) is 6.62. The molecule has 1 heteroatoms. The second-order valence-corrected chi connectivity index (χ2v) is 1.26. The molecule has 0 amide bonds. The Labute approximate surface area is 41.8 Å². The molecule has 1 N–H and O–H groups in total. The first-order chi connectivity index (χ1) is 3.56. The SMILES string of the molecule is [2H]C([2H])(O)CCCC. The van der Waals surface area contributed by atoms with Gasteiger partial charge in [-0.25, -0.2) is 0 Å². The molecule has 0 saturated carbocycles. The van der Waals surface area contributed by atoms with Gasteiger partial charge in [0.25, 0.3) is 0 Å². The van der Waals surface area contributed by atoms with Gasteiger partial charge in [0, 0.05) is 6.56 Å². The minimum Gasteiger partial charge on any atom is -0.396 e. The predicted octanol–water partition coefficient (Wildman–Crippen LogP) is 1.17. The summed E-state index contributed by atoms with van der Waals surface area (Å²) in [5.41, 5.74) is 0.